The van der Waals surface area contributed by atoms with E-state index >= 15 is 0 Å². The van der Waals surface area contributed by atoms with Gasteiger partial charge in [0.25, 0.3) is 0 Å². The van der Waals surface area contributed by atoms with Crippen molar-refractivity contribution in [1.29, 1.82) is 0 Å². The van der Waals surface area contributed by atoms with Crippen LogP contribution in [0, 0.1) is 0 Å². The summed E-state index contributed by atoms with van der Waals surface area (Å²) in [5.74, 6) is 0. The van der Waals surface area contributed by atoms with Crippen LogP contribution < -0.4 is 0 Å². The third kappa shape index (κ3) is 3.66. The highest BCUT2D eigenvalue weighted by Gasteiger charge is 2.30. The minimum absolute atomic E-state index is 0.148. The lowest BCUT2D eigenvalue weighted by atomic mass is 10.1. The molecule has 124 valence electrons. The molecule has 2 aromatic carbocycles. The summed E-state index contributed by atoms with van der Waals surface area (Å²) in [6.07, 6.45) is -4.06. The molecule has 1 heterocycles. The van der Waals surface area contributed by atoms with E-state index in [-0.39, 0.29) is 6.61 Å². The largest absolute Gasteiger partial charge is 0.416 e. The molecule has 0 saturated carbocycles. The van der Waals surface area contributed by atoms with Crippen LogP contribution in [0.25, 0.3) is 11.3 Å². The van der Waals surface area contributed by atoms with Gasteiger partial charge in [0, 0.05) is 12.0 Å². The standard InChI is InChI=1S/C18H14F3NOS/c19-18(20,21)14-8-4-5-12(9-14)10-16-22-17(15(11-23)24-16)13-6-2-1-3-7-13/h1-9,23H,10-11H2. The molecule has 1 aromatic heterocycles. The zero-order valence-electron chi connectivity index (χ0n) is 12.5. The predicted molar refractivity (Wildman–Crippen MR) is 87.7 cm³/mol. The second-order valence-electron chi connectivity index (χ2n) is 5.28. The van der Waals surface area contributed by atoms with E-state index in [1.165, 1.54) is 17.4 Å². The average molecular weight is 349 g/mol. The monoisotopic (exact) mass is 349 g/mol. The number of thiazole rings is 1. The molecule has 0 saturated heterocycles. The van der Waals surface area contributed by atoms with E-state index in [1.54, 1.807) is 6.07 Å². The molecule has 3 aromatic rings. The minimum Gasteiger partial charge on any atom is -0.391 e. The number of aromatic nitrogens is 1. The van der Waals surface area contributed by atoms with Gasteiger partial charge < -0.3 is 5.11 Å². The molecule has 0 aliphatic rings. The Morgan fingerprint density at radius 2 is 1.75 bits per heavy atom. The maximum Gasteiger partial charge on any atom is 0.416 e. The second-order valence-corrected chi connectivity index (χ2v) is 6.45. The predicted octanol–water partition coefficient (Wildman–Crippen LogP) is 4.91. The third-order valence-corrected chi connectivity index (χ3v) is 4.58. The molecular weight excluding hydrogens is 335 g/mol. The van der Waals surface area contributed by atoms with Crippen molar-refractivity contribution in [2.24, 2.45) is 0 Å². The van der Waals surface area contributed by atoms with Gasteiger partial charge in [-0.1, -0.05) is 48.5 Å². The minimum atomic E-state index is -4.36. The van der Waals surface area contributed by atoms with Crippen molar-refractivity contribution in [1.82, 2.24) is 4.98 Å². The molecule has 0 fully saturated rings. The van der Waals surface area contributed by atoms with Crippen LogP contribution in [0.2, 0.25) is 0 Å². The molecule has 0 unspecified atom stereocenters. The molecule has 1 N–H and O–H groups in total. The van der Waals surface area contributed by atoms with E-state index in [4.69, 9.17) is 0 Å². The Morgan fingerprint density at radius 1 is 1.00 bits per heavy atom. The van der Waals surface area contributed by atoms with Crippen molar-refractivity contribution in [2.75, 3.05) is 0 Å². The smallest absolute Gasteiger partial charge is 0.391 e. The first-order valence-corrected chi connectivity index (χ1v) is 8.10. The van der Waals surface area contributed by atoms with Crippen molar-refractivity contribution in [2.45, 2.75) is 19.2 Å². The topological polar surface area (TPSA) is 33.1 Å². The van der Waals surface area contributed by atoms with Gasteiger partial charge in [-0.2, -0.15) is 13.2 Å². The van der Waals surface area contributed by atoms with Crippen molar-refractivity contribution >= 4 is 11.3 Å². The zero-order chi connectivity index (χ0) is 17.2. The molecule has 2 nitrogen and oxygen atoms in total. The maximum absolute atomic E-state index is 12.8. The van der Waals surface area contributed by atoms with E-state index in [0.29, 0.717) is 27.6 Å². The van der Waals surface area contributed by atoms with Gasteiger partial charge in [-0.25, -0.2) is 4.98 Å². The number of hydrogen-bond donors (Lipinski definition) is 1. The molecule has 0 radical (unpaired) electrons. The zero-order valence-corrected chi connectivity index (χ0v) is 13.4. The quantitative estimate of drug-likeness (QED) is 0.726. The summed E-state index contributed by atoms with van der Waals surface area (Å²) < 4.78 is 38.4. The molecule has 6 heteroatoms. The molecule has 0 atom stereocenters. The number of benzene rings is 2. The fourth-order valence-electron chi connectivity index (χ4n) is 2.44. The lowest BCUT2D eigenvalue weighted by Gasteiger charge is -2.07. The van der Waals surface area contributed by atoms with Crippen molar-refractivity contribution in [3.05, 3.63) is 75.6 Å². The lowest BCUT2D eigenvalue weighted by Crippen LogP contribution is -2.05. The fourth-order valence-corrected chi connectivity index (χ4v) is 3.42. The van der Waals surface area contributed by atoms with Gasteiger partial charge in [0.1, 0.15) is 0 Å². The summed E-state index contributed by atoms with van der Waals surface area (Å²) in [5.41, 5.74) is 1.45. The molecule has 3 rings (SSSR count). The van der Waals surface area contributed by atoms with Crippen LogP contribution in [0.3, 0.4) is 0 Å². The van der Waals surface area contributed by atoms with Gasteiger partial charge in [-0.3, -0.25) is 0 Å². The van der Waals surface area contributed by atoms with Gasteiger partial charge in [-0.15, -0.1) is 11.3 Å². The molecule has 24 heavy (non-hydrogen) atoms. The first kappa shape index (κ1) is 16.7. The van der Waals surface area contributed by atoms with Crippen LogP contribution in [-0.2, 0) is 19.2 Å². The highest BCUT2D eigenvalue weighted by Crippen LogP contribution is 2.32. The first-order chi connectivity index (χ1) is 11.5. The molecule has 0 aliphatic carbocycles. The Labute approximate surface area is 141 Å². The molecule has 0 amide bonds. The Balaban J connectivity index is 1.90. The van der Waals surface area contributed by atoms with Gasteiger partial charge in [0.2, 0.25) is 0 Å². The van der Waals surface area contributed by atoms with Crippen molar-refractivity contribution in [3.63, 3.8) is 0 Å². The van der Waals surface area contributed by atoms with Gasteiger partial charge in [0.05, 0.1) is 27.7 Å². The summed E-state index contributed by atoms with van der Waals surface area (Å²) in [6.45, 7) is -0.148. The number of nitrogens with zero attached hydrogens (tertiary/aromatic N) is 1. The van der Waals surface area contributed by atoms with Gasteiger partial charge in [0.15, 0.2) is 0 Å². The Morgan fingerprint density at radius 3 is 2.42 bits per heavy atom. The number of rotatable bonds is 4. The normalized spacial score (nSPS) is 11.7. The summed E-state index contributed by atoms with van der Waals surface area (Å²) in [5, 5.41) is 10.2. The van der Waals surface area contributed by atoms with Gasteiger partial charge in [-0.05, 0) is 11.6 Å². The summed E-state index contributed by atoms with van der Waals surface area (Å²) in [6, 6.07) is 14.7. The average Bonchev–Trinajstić information content (AvgIpc) is 2.98. The van der Waals surface area contributed by atoms with Crippen molar-refractivity contribution in [3.8, 4) is 11.3 Å². The van der Waals surface area contributed by atoms with Crippen LogP contribution >= 0.6 is 11.3 Å². The second kappa shape index (κ2) is 6.75. The number of hydrogen-bond acceptors (Lipinski definition) is 3. The summed E-state index contributed by atoms with van der Waals surface area (Å²) >= 11 is 1.32. The molecule has 0 spiro atoms. The summed E-state index contributed by atoms with van der Waals surface area (Å²) in [4.78, 5) is 5.23. The van der Waals surface area contributed by atoms with Crippen molar-refractivity contribution < 1.29 is 18.3 Å². The van der Waals surface area contributed by atoms with Crippen LogP contribution in [-0.4, -0.2) is 10.1 Å². The van der Waals surface area contributed by atoms with E-state index in [9.17, 15) is 18.3 Å². The lowest BCUT2D eigenvalue weighted by molar-refractivity contribution is -0.137. The third-order valence-electron chi connectivity index (χ3n) is 3.54. The maximum atomic E-state index is 12.8. The Bertz CT molecular complexity index is 828. The first-order valence-electron chi connectivity index (χ1n) is 7.28. The van der Waals surface area contributed by atoms with Crippen LogP contribution in [0.1, 0.15) is 21.0 Å². The highest BCUT2D eigenvalue weighted by molar-refractivity contribution is 7.12. The van der Waals surface area contributed by atoms with E-state index in [1.807, 2.05) is 30.3 Å². The summed E-state index contributed by atoms with van der Waals surface area (Å²) in [7, 11) is 0. The number of halogens is 3. The fraction of sp³-hybridized carbons (Fsp3) is 0.167. The molecule has 0 aliphatic heterocycles. The molecular formula is C18H14F3NOS. The van der Waals surface area contributed by atoms with E-state index in [0.717, 1.165) is 17.7 Å². The van der Waals surface area contributed by atoms with Crippen LogP contribution in [0.4, 0.5) is 13.2 Å². The SMILES string of the molecule is OCc1sc(Cc2cccc(C(F)(F)F)c2)nc1-c1ccccc1. The van der Waals surface area contributed by atoms with Crippen LogP contribution in [0.5, 0.6) is 0 Å². The molecule has 0 bridgehead atoms. The van der Waals surface area contributed by atoms with Crippen LogP contribution in [0.15, 0.2) is 54.6 Å². The number of alkyl halides is 3. The number of aliphatic hydroxyl groups is 1. The van der Waals surface area contributed by atoms with E-state index in [2.05, 4.69) is 4.98 Å². The highest BCUT2D eigenvalue weighted by atomic mass is 32.1. The van der Waals surface area contributed by atoms with Gasteiger partial charge >= 0.3 is 6.18 Å². The Kier molecular flexibility index (Phi) is 4.69. The Hall–Kier alpha value is -2.18. The van der Waals surface area contributed by atoms with E-state index < -0.39 is 11.7 Å². The number of aliphatic hydroxyl groups excluding tert-OH is 1.